The Balaban J connectivity index is 1.92. The fourth-order valence-electron chi connectivity index (χ4n) is 2.15. The van der Waals surface area contributed by atoms with E-state index in [-0.39, 0.29) is 0 Å². The zero-order valence-electron chi connectivity index (χ0n) is 10.9. The summed E-state index contributed by atoms with van der Waals surface area (Å²) in [6.45, 7) is 2.17. The Morgan fingerprint density at radius 3 is 2.32 bits per heavy atom. The standard InChI is InChI=1S/C17H16N2/c1-2-13-8-10-15(11-9-13)17-12-16(18-19-17)14-6-4-3-5-7-14/h3-12H,2H2,1H3,(H,18,19). The van der Waals surface area contributed by atoms with Crippen molar-refractivity contribution in [2.24, 2.45) is 0 Å². The molecule has 0 aliphatic rings. The van der Waals surface area contributed by atoms with Crippen molar-refractivity contribution in [3.63, 3.8) is 0 Å². The van der Waals surface area contributed by atoms with E-state index in [2.05, 4.69) is 59.6 Å². The topological polar surface area (TPSA) is 28.7 Å². The third-order valence-electron chi connectivity index (χ3n) is 3.32. The van der Waals surface area contributed by atoms with Crippen LogP contribution in [0.2, 0.25) is 0 Å². The first-order valence-corrected chi connectivity index (χ1v) is 6.57. The molecule has 0 spiro atoms. The fraction of sp³-hybridized carbons (Fsp3) is 0.118. The summed E-state index contributed by atoms with van der Waals surface area (Å²) in [5.41, 5.74) is 5.70. The van der Waals surface area contributed by atoms with E-state index in [0.717, 1.165) is 23.4 Å². The van der Waals surface area contributed by atoms with Crippen LogP contribution in [0, 0.1) is 0 Å². The monoisotopic (exact) mass is 248 g/mol. The number of aromatic amines is 1. The zero-order chi connectivity index (χ0) is 13.1. The Hall–Kier alpha value is -2.35. The molecule has 0 amide bonds. The molecule has 2 heteroatoms. The first-order valence-electron chi connectivity index (χ1n) is 6.57. The molecule has 2 aromatic carbocycles. The number of nitrogens with one attached hydrogen (secondary N) is 1. The van der Waals surface area contributed by atoms with Gasteiger partial charge in [-0.25, -0.2) is 0 Å². The molecule has 1 aromatic heterocycles. The minimum Gasteiger partial charge on any atom is -0.277 e. The molecule has 0 fully saturated rings. The van der Waals surface area contributed by atoms with Crippen LogP contribution in [0.25, 0.3) is 22.5 Å². The van der Waals surface area contributed by atoms with Gasteiger partial charge < -0.3 is 0 Å². The summed E-state index contributed by atoms with van der Waals surface area (Å²) in [5, 5.41) is 7.49. The quantitative estimate of drug-likeness (QED) is 0.735. The van der Waals surface area contributed by atoms with Gasteiger partial charge in [0.25, 0.3) is 0 Å². The van der Waals surface area contributed by atoms with Gasteiger partial charge in [-0.1, -0.05) is 61.5 Å². The number of benzene rings is 2. The van der Waals surface area contributed by atoms with Crippen molar-refractivity contribution in [2.45, 2.75) is 13.3 Å². The van der Waals surface area contributed by atoms with Gasteiger partial charge in [-0.2, -0.15) is 5.10 Å². The van der Waals surface area contributed by atoms with E-state index in [9.17, 15) is 0 Å². The second-order valence-electron chi connectivity index (χ2n) is 4.58. The van der Waals surface area contributed by atoms with E-state index < -0.39 is 0 Å². The zero-order valence-corrected chi connectivity index (χ0v) is 10.9. The summed E-state index contributed by atoms with van der Waals surface area (Å²) in [7, 11) is 0. The molecule has 0 saturated carbocycles. The average molecular weight is 248 g/mol. The number of H-pyrrole nitrogens is 1. The highest BCUT2D eigenvalue weighted by atomic mass is 15.1. The molecule has 0 aliphatic heterocycles. The highest BCUT2D eigenvalue weighted by Crippen LogP contribution is 2.23. The van der Waals surface area contributed by atoms with Crippen molar-refractivity contribution >= 4 is 0 Å². The van der Waals surface area contributed by atoms with Gasteiger partial charge in [0.2, 0.25) is 0 Å². The van der Waals surface area contributed by atoms with Gasteiger partial charge >= 0.3 is 0 Å². The number of aromatic nitrogens is 2. The Bertz CT molecular complexity index is 651. The van der Waals surface area contributed by atoms with Gasteiger partial charge in [0, 0.05) is 5.56 Å². The Kier molecular flexibility index (Phi) is 3.15. The molecule has 3 aromatic rings. The summed E-state index contributed by atoms with van der Waals surface area (Å²) >= 11 is 0. The third-order valence-corrected chi connectivity index (χ3v) is 3.32. The van der Waals surface area contributed by atoms with E-state index in [0.29, 0.717) is 0 Å². The van der Waals surface area contributed by atoms with Gasteiger partial charge in [0.15, 0.2) is 0 Å². The molecular weight excluding hydrogens is 232 g/mol. The second-order valence-corrected chi connectivity index (χ2v) is 4.58. The van der Waals surface area contributed by atoms with Crippen LogP contribution in [0.4, 0.5) is 0 Å². The molecule has 0 radical (unpaired) electrons. The first kappa shape index (κ1) is 11.7. The van der Waals surface area contributed by atoms with Gasteiger partial charge in [0.1, 0.15) is 0 Å². The number of hydrogen-bond acceptors (Lipinski definition) is 1. The van der Waals surface area contributed by atoms with Crippen LogP contribution in [0.3, 0.4) is 0 Å². The van der Waals surface area contributed by atoms with Crippen molar-refractivity contribution in [2.75, 3.05) is 0 Å². The molecule has 0 aliphatic carbocycles. The van der Waals surface area contributed by atoms with Gasteiger partial charge in [-0.3, -0.25) is 5.10 Å². The van der Waals surface area contributed by atoms with Gasteiger partial charge in [-0.05, 0) is 23.6 Å². The van der Waals surface area contributed by atoms with Crippen LogP contribution in [0.15, 0.2) is 60.7 Å². The van der Waals surface area contributed by atoms with Crippen LogP contribution >= 0.6 is 0 Å². The fourth-order valence-corrected chi connectivity index (χ4v) is 2.15. The van der Waals surface area contributed by atoms with Crippen molar-refractivity contribution in [3.05, 3.63) is 66.2 Å². The Morgan fingerprint density at radius 2 is 1.63 bits per heavy atom. The van der Waals surface area contributed by atoms with Crippen molar-refractivity contribution in [1.82, 2.24) is 10.2 Å². The van der Waals surface area contributed by atoms with Crippen LogP contribution in [0.1, 0.15) is 12.5 Å². The molecule has 0 saturated heterocycles. The predicted molar refractivity (Wildman–Crippen MR) is 78.8 cm³/mol. The SMILES string of the molecule is CCc1ccc(-c2cc(-c3ccccc3)n[nH]2)cc1. The lowest BCUT2D eigenvalue weighted by atomic mass is 10.1. The molecule has 19 heavy (non-hydrogen) atoms. The molecule has 0 atom stereocenters. The van der Waals surface area contributed by atoms with Crippen LogP contribution in [-0.4, -0.2) is 10.2 Å². The predicted octanol–water partition coefficient (Wildman–Crippen LogP) is 4.31. The van der Waals surface area contributed by atoms with E-state index in [4.69, 9.17) is 0 Å². The van der Waals surface area contributed by atoms with Crippen molar-refractivity contribution in [1.29, 1.82) is 0 Å². The van der Waals surface area contributed by atoms with Crippen molar-refractivity contribution in [3.8, 4) is 22.5 Å². The molecule has 0 bridgehead atoms. The highest BCUT2D eigenvalue weighted by Gasteiger charge is 2.05. The summed E-state index contributed by atoms with van der Waals surface area (Å²) in [6.07, 6.45) is 1.07. The smallest absolute Gasteiger partial charge is 0.0927 e. The van der Waals surface area contributed by atoms with Crippen molar-refractivity contribution < 1.29 is 0 Å². The molecule has 2 nitrogen and oxygen atoms in total. The maximum atomic E-state index is 4.38. The van der Waals surface area contributed by atoms with Gasteiger partial charge in [0.05, 0.1) is 11.4 Å². The third kappa shape index (κ3) is 2.43. The molecule has 0 unspecified atom stereocenters. The summed E-state index contributed by atoms with van der Waals surface area (Å²) in [6, 6.07) is 20.9. The number of nitrogens with zero attached hydrogens (tertiary/aromatic N) is 1. The Morgan fingerprint density at radius 1 is 0.895 bits per heavy atom. The summed E-state index contributed by atoms with van der Waals surface area (Å²) < 4.78 is 0. The molecular formula is C17H16N2. The molecule has 1 N–H and O–H groups in total. The lowest BCUT2D eigenvalue weighted by Gasteiger charge is -1.99. The van der Waals surface area contributed by atoms with E-state index in [1.165, 1.54) is 11.1 Å². The summed E-state index contributed by atoms with van der Waals surface area (Å²) in [5.74, 6) is 0. The number of hydrogen-bond donors (Lipinski definition) is 1. The lowest BCUT2D eigenvalue weighted by Crippen LogP contribution is -1.81. The number of aryl methyl sites for hydroxylation is 1. The maximum Gasteiger partial charge on any atom is 0.0927 e. The van der Waals surface area contributed by atoms with Crippen LogP contribution < -0.4 is 0 Å². The van der Waals surface area contributed by atoms with E-state index >= 15 is 0 Å². The molecule has 94 valence electrons. The minimum atomic E-state index is 0.982. The molecule has 1 heterocycles. The highest BCUT2D eigenvalue weighted by molar-refractivity contribution is 5.68. The largest absolute Gasteiger partial charge is 0.277 e. The van der Waals surface area contributed by atoms with Crippen LogP contribution in [0.5, 0.6) is 0 Å². The van der Waals surface area contributed by atoms with Crippen LogP contribution in [-0.2, 0) is 6.42 Å². The van der Waals surface area contributed by atoms with E-state index in [1.807, 2.05) is 18.2 Å². The Labute approximate surface area is 113 Å². The number of rotatable bonds is 3. The normalized spacial score (nSPS) is 10.6. The second kappa shape index (κ2) is 5.11. The lowest BCUT2D eigenvalue weighted by molar-refractivity contribution is 1.10. The maximum absolute atomic E-state index is 4.38. The van der Waals surface area contributed by atoms with E-state index in [1.54, 1.807) is 0 Å². The summed E-state index contributed by atoms with van der Waals surface area (Å²) in [4.78, 5) is 0. The van der Waals surface area contributed by atoms with Gasteiger partial charge in [-0.15, -0.1) is 0 Å². The molecule has 3 rings (SSSR count). The minimum absolute atomic E-state index is 0.982. The average Bonchev–Trinajstić information content (AvgIpc) is 2.98. The first-order chi connectivity index (χ1) is 9.36.